The number of hydrogen-bond acceptors (Lipinski definition) is 4. The van der Waals surface area contributed by atoms with Crippen molar-refractivity contribution in [3.63, 3.8) is 0 Å². The van der Waals surface area contributed by atoms with Gasteiger partial charge in [0.1, 0.15) is 12.1 Å². The average Bonchev–Trinajstić information content (AvgIpc) is 3.01. The molecule has 25 heavy (non-hydrogen) atoms. The van der Waals surface area contributed by atoms with Crippen LogP contribution in [0.15, 0.2) is 29.5 Å². The molecule has 2 aromatic rings. The van der Waals surface area contributed by atoms with E-state index in [1.807, 2.05) is 18.5 Å². The molecule has 0 unspecified atom stereocenters. The standard InChI is InChI=1S/C18H28N6O/c1-5-9-25-16-10-14(3)7-8-15(16)11-20-18(19-6-2)21-12-17-23-22-13-24(17)4/h7-8,10,13H,5-6,9,11-12H2,1-4H3,(H2,19,20,21). The predicted molar refractivity (Wildman–Crippen MR) is 99.6 cm³/mol. The Kier molecular flexibility index (Phi) is 7.25. The summed E-state index contributed by atoms with van der Waals surface area (Å²) in [5, 5.41) is 14.5. The molecular formula is C18H28N6O. The highest BCUT2D eigenvalue weighted by atomic mass is 16.5. The highest BCUT2D eigenvalue weighted by Gasteiger charge is 2.06. The smallest absolute Gasteiger partial charge is 0.191 e. The molecule has 0 saturated heterocycles. The normalized spacial score (nSPS) is 11.4. The molecular weight excluding hydrogens is 316 g/mol. The van der Waals surface area contributed by atoms with Crippen LogP contribution in [0, 0.1) is 6.92 Å². The van der Waals surface area contributed by atoms with Crippen molar-refractivity contribution >= 4 is 5.96 Å². The molecule has 0 bridgehead atoms. The maximum atomic E-state index is 5.86. The number of aromatic nitrogens is 3. The fraction of sp³-hybridized carbons (Fsp3) is 0.500. The van der Waals surface area contributed by atoms with Gasteiger partial charge in [-0.05, 0) is 31.9 Å². The molecule has 136 valence electrons. The molecule has 0 aliphatic heterocycles. The lowest BCUT2D eigenvalue weighted by atomic mass is 10.1. The van der Waals surface area contributed by atoms with E-state index in [-0.39, 0.29) is 0 Å². The van der Waals surface area contributed by atoms with Crippen molar-refractivity contribution in [2.24, 2.45) is 12.0 Å². The zero-order valence-corrected chi connectivity index (χ0v) is 15.5. The third-order valence-corrected chi connectivity index (χ3v) is 3.66. The number of benzene rings is 1. The minimum atomic E-state index is 0.549. The average molecular weight is 344 g/mol. The minimum Gasteiger partial charge on any atom is -0.493 e. The first kappa shape index (κ1) is 18.8. The van der Waals surface area contributed by atoms with Gasteiger partial charge in [-0.2, -0.15) is 0 Å². The first-order valence-electron chi connectivity index (χ1n) is 8.71. The molecule has 7 heteroatoms. The number of hydrogen-bond donors (Lipinski definition) is 2. The van der Waals surface area contributed by atoms with Crippen molar-refractivity contribution < 1.29 is 4.74 Å². The monoisotopic (exact) mass is 344 g/mol. The molecule has 2 rings (SSSR count). The summed E-state index contributed by atoms with van der Waals surface area (Å²) in [5.74, 6) is 2.51. The molecule has 0 atom stereocenters. The Hall–Kier alpha value is -2.57. The summed E-state index contributed by atoms with van der Waals surface area (Å²) < 4.78 is 7.74. The number of rotatable bonds is 8. The summed E-state index contributed by atoms with van der Waals surface area (Å²) in [6.07, 6.45) is 2.67. The SMILES string of the molecule is CCCOc1cc(C)ccc1CN=C(NCC)NCc1nncn1C. The van der Waals surface area contributed by atoms with Gasteiger partial charge in [0, 0.05) is 19.2 Å². The predicted octanol–water partition coefficient (Wildman–Crippen LogP) is 2.17. The van der Waals surface area contributed by atoms with Crippen molar-refractivity contribution in [2.45, 2.75) is 40.3 Å². The van der Waals surface area contributed by atoms with Gasteiger partial charge in [0.2, 0.25) is 0 Å². The summed E-state index contributed by atoms with van der Waals surface area (Å²) >= 11 is 0. The van der Waals surface area contributed by atoms with E-state index in [0.717, 1.165) is 36.1 Å². The Morgan fingerprint density at radius 3 is 2.80 bits per heavy atom. The van der Waals surface area contributed by atoms with E-state index in [0.29, 0.717) is 19.7 Å². The van der Waals surface area contributed by atoms with Gasteiger partial charge in [0.15, 0.2) is 11.8 Å². The Labute approximate surface area is 149 Å². The van der Waals surface area contributed by atoms with Gasteiger partial charge in [0.25, 0.3) is 0 Å². The summed E-state index contributed by atoms with van der Waals surface area (Å²) in [7, 11) is 1.92. The Morgan fingerprint density at radius 1 is 1.28 bits per heavy atom. The van der Waals surface area contributed by atoms with Crippen molar-refractivity contribution in [1.29, 1.82) is 0 Å². The number of aliphatic imine (C=N–C) groups is 1. The van der Waals surface area contributed by atoms with E-state index >= 15 is 0 Å². The summed E-state index contributed by atoms with van der Waals surface area (Å²) in [4.78, 5) is 4.67. The fourth-order valence-corrected chi connectivity index (χ4v) is 2.27. The maximum absolute atomic E-state index is 5.86. The lowest BCUT2D eigenvalue weighted by molar-refractivity contribution is 0.314. The summed E-state index contributed by atoms with van der Waals surface area (Å²) in [6, 6.07) is 6.24. The van der Waals surface area contributed by atoms with E-state index in [1.165, 1.54) is 5.56 Å². The molecule has 0 radical (unpaired) electrons. The Balaban J connectivity index is 2.06. The number of nitrogens with one attached hydrogen (secondary N) is 2. The molecule has 0 spiro atoms. The molecule has 2 N–H and O–H groups in total. The van der Waals surface area contributed by atoms with Crippen LogP contribution in [0.25, 0.3) is 0 Å². The topological polar surface area (TPSA) is 76.4 Å². The molecule has 0 amide bonds. The highest BCUT2D eigenvalue weighted by Crippen LogP contribution is 2.21. The van der Waals surface area contributed by atoms with Crippen LogP contribution in [0.5, 0.6) is 5.75 Å². The van der Waals surface area contributed by atoms with Crippen molar-refractivity contribution in [2.75, 3.05) is 13.2 Å². The first-order valence-corrected chi connectivity index (χ1v) is 8.71. The molecule has 0 saturated carbocycles. The van der Waals surface area contributed by atoms with Crippen LogP contribution in [0.3, 0.4) is 0 Å². The van der Waals surface area contributed by atoms with Gasteiger partial charge in [-0.1, -0.05) is 19.1 Å². The van der Waals surface area contributed by atoms with Crippen LogP contribution in [0.4, 0.5) is 0 Å². The number of ether oxygens (including phenoxy) is 1. The molecule has 0 aliphatic carbocycles. The van der Waals surface area contributed by atoms with Crippen molar-refractivity contribution in [3.8, 4) is 5.75 Å². The third kappa shape index (κ3) is 5.77. The second kappa shape index (κ2) is 9.66. The highest BCUT2D eigenvalue weighted by molar-refractivity contribution is 5.79. The Bertz CT molecular complexity index is 695. The van der Waals surface area contributed by atoms with Crippen LogP contribution in [0.2, 0.25) is 0 Å². The minimum absolute atomic E-state index is 0.549. The van der Waals surface area contributed by atoms with E-state index in [9.17, 15) is 0 Å². The third-order valence-electron chi connectivity index (χ3n) is 3.66. The molecule has 1 heterocycles. The first-order chi connectivity index (χ1) is 12.1. The molecule has 1 aromatic heterocycles. The summed E-state index contributed by atoms with van der Waals surface area (Å²) in [6.45, 7) is 8.83. The van der Waals surface area contributed by atoms with E-state index in [4.69, 9.17) is 4.74 Å². The van der Waals surface area contributed by atoms with Gasteiger partial charge < -0.3 is 19.9 Å². The van der Waals surface area contributed by atoms with Crippen LogP contribution < -0.4 is 15.4 Å². The van der Waals surface area contributed by atoms with Crippen LogP contribution in [-0.4, -0.2) is 33.9 Å². The van der Waals surface area contributed by atoms with Gasteiger partial charge in [-0.3, -0.25) is 0 Å². The second-order valence-corrected chi connectivity index (χ2v) is 5.87. The lowest BCUT2D eigenvalue weighted by Crippen LogP contribution is -2.37. The van der Waals surface area contributed by atoms with Gasteiger partial charge in [-0.25, -0.2) is 4.99 Å². The number of aryl methyl sites for hydroxylation is 2. The second-order valence-electron chi connectivity index (χ2n) is 5.87. The molecule has 0 aliphatic rings. The Morgan fingerprint density at radius 2 is 2.12 bits per heavy atom. The largest absolute Gasteiger partial charge is 0.493 e. The van der Waals surface area contributed by atoms with Gasteiger partial charge in [0.05, 0.1) is 19.7 Å². The van der Waals surface area contributed by atoms with Crippen LogP contribution in [-0.2, 0) is 20.1 Å². The summed E-state index contributed by atoms with van der Waals surface area (Å²) in [5.41, 5.74) is 2.26. The zero-order valence-electron chi connectivity index (χ0n) is 15.5. The molecule has 7 nitrogen and oxygen atoms in total. The van der Waals surface area contributed by atoms with E-state index in [1.54, 1.807) is 6.33 Å². The molecule has 1 aromatic carbocycles. The quantitative estimate of drug-likeness (QED) is 0.567. The number of nitrogens with zero attached hydrogens (tertiary/aromatic N) is 4. The molecule has 0 fully saturated rings. The lowest BCUT2D eigenvalue weighted by Gasteiger charge is -2.13. The van der Waals surface area contributed by atoms with E-state index in [2.05, 4.69) is 57.9 Å². The maximum Gasteiger partial charge on any atom is 0.191 e. The fourth-order valence-electron chi connectivity index (χ4n) is 2.27. The number of guanidine groups is 1. The van der Waals surface area contributed by atoms with Gasteiger partial charge >= 0.3 is 0 Å². The van der Waals surface area contributed by atoms with Crippen molar-refractivity contribution in [3.05, 3.63) is 41.5 Å². The van der Waals surface area contributed by atoms with Crippen LogP contribution in [0.1, 0.15) is 37.2 Å². The zero-order chi connectivity index (χ0) is 18.1. The van der Waals surface area contributed by atoms with Crippen molar-refractivity contribution in [1.82, 2.24) is 25.4 Å². The van der Waals surface area contributed by atoms with E-state index < -0.39 is 0 Å². The van der Waals surface area contributed by atoms with Crippen LogP contribution >= 0.6 is 0 Å². The van der Waals surface area contributed by atoms with Gasteiger partial charge in [-0.15, -0.1) is 10.2 Å².